The van der Waals surface area contributed by atoms with Crippen LogP contribution in [0.3, 0.4) is 0 Å². The van der Waals surface area contributed by atoms with Crippen LogP contribution >= 0.6 is 0 Å². The molecule has 1 heterocycles. The molecule has 1 fully saturated rings. The second-order valence-electron chi connectivity index (χ2n) is 11.6. The van der Waals surface area contributed by atoms with Crippen LogP contribution in [0.15, 0.2) is 72.8 Å². The van der Waals surface area contributed by atoms with Crippen molar-refractivity contribution in [1.29, 1.82) is 0 Å². The van der Waals surface area contributed by atoms with Gasteiger partial charge in [0.05, 0.1) is 25.3 Å². The molecule has 226 valence electrons. The predicted molar refractivity (Wildman–Crippen MR) is 163 cm³/mol. The van der Waals surface area contributed by atoms with Crippen LogP contribution in [0.5, 0.6) is 11.5 Å². The van der Waals surface area contributed by atoms with Gasteiger partial charge in [-0.2, -0.15) is 9.37 Å². The van der Waals surface area contributed by atoms with Crippen molar-refractivity contribution in [3.8, 4) is 11.5 Å². The highest BCUT2D eigenvalue weighted by Gasteiger charge is 2.39. The lowest BCUT2D eigenvalue weighted by Gasteiger charge is -2.38. The zero-order valence-electron chi connectivity index (χ0n) is 24.8. The van der Waals surface area contributed by atoms with Crippen molar-refractivity contribution in [3.05, 3.63) is 89.5 Å². The first-order chi connectivity index (χ1) is 20.4. The second kappa shape index (κ2) is 13.5. The lowest BCUT2D eigenvalue weighted by molar-refractivity contribution is -0.918. The average molecular weight is 589 g/mol. The van der Waals surface area contributed by atoms with Gasteiger partial charge in [0.1, 0.15) is 36.0 Å². The van der Waals surface area contributed by atoms with Crippen LogP contribution in [0.4, 0.5) is 10.5 Å². The highest BCUT2D eigenvalue weighted by Crippen LogP contribution is 2.23. The number of aromatic hydroxyl groups is 2. The molecule has 1 aliphatic heterocycles. The number of hydrogen-bond acceptors (Lipinski definition) is 6. The molecule has 0 aliphatic carbocycles. The number of ether oxygens (including phenoxy) is 1. The van der Waals surface area contributed by atoms with Gasteiger partial charge in [0.15, 0.2) is 6.04 Å². The normalized spacial score (nSPS) is 18.5. The number of amides is 3. The number of carbonyl (C=O) groups is 3. The third kappa shape index (κ3) is 8.42. The van der Waals surface area contributed by atoms with E-state index in [9.17, 15) is 24.6 Å². The maximum atomic E-state index is 14.0. The van der Waals surface area contributed by atoms with Crippen LogP contribution in [0.25, 0.3) is 0 Å². The number of rotatable bonds is 9. The smallest absolute Gasteiger partial charge is 0.496 e. The molecule has 43 heavy (non-hydrogen) atoms. The highest BCUT2D eigenvalue weighted by atomic mass is 16.5. The quantitative estimate of drug-likeness (QED) is 0.168. The zero-order valence-corrected chi connectivity index (χ0v) is 24.8. The molecule has 3 aromatic carbocycles. The van der Waals surface area contributed by atoms with E-state index < -0.39 is 23.9 Å². The fourth-order valence-electron chi connectivity index (χ4n) is 5.53. The number of quaternary nitrogens is 1. The van der Waals surface area contributed by atoms with Gasteiger partial charge in [-0.25, -0.2) is 10.1 Å². The van der Waals surface area contributed by atoms with E-state index in [1.165, 1.54) is 16.7 Å². The van der Waals surface area contributed by atoms with Crippen LogP contribution < -0.4 is 11.1 Å². The summed E-state index contributed by atoms with van der Waals surface area (Å²) in [5.41, 5.74) is 9.21. The topological polar surface area (TPSA) is 142 Å². The molecule has 1 unspecified atom stereocenters. The van der Waals surface area contributed by atoms with E-state index in [0.717, 1.165) is 29.8 Å². The van der Waals surface area contributed by atoms with Gasteiger partial charge in [0.25, 0.3) is 5.91 Å². The number of likely N-dealkylation sites (tertiary alicyclic amines) is 1. The average Bonchev–Trinajstić information content (AvgIpc) is 2.93. The van der Waals surface area contributed by atoms with Gasteiger partial charge >= 0.3 is 12.0 Å². The number of nitrogens with two attached hydrogens (primary N) is 1. The van der Waals surface area contributed by atoms with Gasteiger partial charge in [-0.1, -0.05) is 24.3 Å². The number of benzene rings is 3. The predicted octanol–water partition coefficient (Wildman–Crippen LogP) is 4.19. The Balaban J connectivity index is 1.68. The van der Waals surface area contributed by atoms with Crippen LogP contribution in [0, 0.1) is 0 Å². The van der Waals surface area contributed by atoms with Crippen LogP contribution in [0.1, 0.15) is 48.2 Å². The number of phenols is 2. The SMILES string of the molecule is CC(C)OC(=O)c1ccc(NC(=O)/[N+](=C2\CCC[N+](C)(Cc3cccc(O)c3)C2)[C@@H](Cc2ccc(O)cc2)C(N)=O)cc1. The minimum Gasteiger partial charge on any atom is -0.508 e. The molecule has 1 aliphatic rings. The number of phenolic OH excluding ortho intramolecular Hbond substituents is 2. The first-order valence-corrected chi connectivity index (χ1v) is 14.4. The van der Waals surface area contributed by atoms with E-state index in [1.54, 1.807) is 68.4 Å². The number of nitrogens with one attached hydrogen (secondary N) is 1. The second-order valence-corrected chi connectivity index (χ2v) is 11.6. The summed E-state index contributed by atoms with van der Waals surface area (Å²) >= 11 is 0. The summed E-state index contributed by atoms with van der Waals surface area (Å²) in [7, 11) is 2.09. The zero-order chi connectivity index (χ0) is 31.1. The number of carbonyl (C=O) groups excluding carboxylic acids is 3. The molecule has 0 radical (unpaired) electrons. The summed E-state index contributed by atoms with van der Waals surface area (Å²) < 4.78 is 7.29. The van der Waals surface area contributed by atoms with E-state index in [0.29, 0.717) is 35.2 Å². The first-order valence-electron chi connectivity index (χ1n) is 14.4. The van der Waals surface area contributed by atoms with E-state index in [1.807, 2.05) is 6.07 Å². The molecule has 1 saturated heterocycles. The maximum absolute atomic E-state index is 14.0. The van der Waals surface area contributed by atoms with Crippen molar-refractivity contribution < 1.29 is 38.4 Å². The molecule has 0 saturated carbocycles. The maximum Gasteiger partial charge on any atom is 0.496 e. The fraction of sp³-hybridized carbons (Fsp3) is 0.333. The van der Waals surface area contributed by atoms with E-state index in [-0.39, 0.29) is 24.0 Å². The number of esters is 1. The molecule has 4 rings (SSSR count). The Morgan fingerprint density at radius 3 is 2.30 bits per heavy atom. The Hall–Kier alpha value is -4.70. The molecule has 0 bridgehead atoms. The summed E-state index contributed by atoms with van der Waals surface area (Å²) in [4.78, 5) is 39.2. The Kier molecular flexibility index (Phi) is 9.82. The minimum atomic E-state index is -0.993. The lowest BCUT2D eigenvalue weighted by atomic mass is 10.0. The first kappa shape index (κ1) is 31.2. The van der Waals surface area contributed by atoms with Crippen LogP contribution in [0.2, 0.25) is 0 Å². The molecule has 10 nitrogen and oxygen atoms in total. The monoisotopic (exact) mass is 588 g/mol. The van der Waals surface area contributed by atoms with Gasteiger partial charge in [0.2, 0.25) is 0 Å². The van der Waals surface area contributed by atoms with E-state index in [4.69, 9.17) is 10.5 Å². The summed E-state index contributed by atoms with van der Waals surface area (Å²) in [5.74, 6) is -0.831. The summed E-state index contributed by atoms with van der Waals surface area (Å²) in [6.45, 7) is 5.50. The van der Waals surface area contributed by atoms with Gasteiger partial charge in [0, 0.05) is 24.8 Å². The lowest BCUT2D eigenvalue weighted by Crippen LogP contribution is -2.56. The van der Waals surface area contributed by atoms with Gasteiger partial charge < -0.3 is 25.2 Å². The molecule has 5 N–H and O–H groups in total. The number of nitrogens with zero attached hydrogens (tertiary/aromatic N) is 2. The van der Waals surface area contributed by atoms with Crippen LogP contribution in [-0.2, 0) is 22.5 Å². The van der Waals surface area contributed by atoms with E-state index >= 15 is 0 Å². The molecule has 10 heteroatoms. The van der Waals surface area contributed by atoms with Crippen molar-refractivity contribution >= 4 is 29.3 Å². The number of hydrogen-bond donors (Lipinski definition) is 4. The standard InChI is InChI=1S/C33H38N4O6/c1-22(2)43-32(41)25-11-13-26(14-12-25)35-33(42)36(30(31(34)40)19-23-9-15-28(38)16-10-23)27-7-5-17-37(3,21-27)20-24-6-4-8-29(39)18-24/h4,6,8-16,18,22,30H,5,7,17,19-21H2,1-3H3,(H3-2,34,35,38,39,40,41,42)/p+2/b36-27+/t30-,37?/m0/s1. The molecule has 0 spiro atoms. The molecule has 2 atom stereocenters. The van der Waals surface area contributed by atoms with Crippen molar-refractivity contribution in [2.75, 3.05) is 25.5 Å². The largest absolute Gasteiger partial charge is 0.508 e. The molecule has 3 aromatic rings. The van der Waals surface area contributed by atoms with Crippen molar-refractivity contribution in [2.24, 2.45) is 5.73 Å². The Morgan fingerprint density at radius 1 is 0.977 bits per heavy atom. The molecule has 3 amide bonds. The summed E-state index contributed by atoms with van der Waals surface area (Å²) in [6.07, 6.45) is 1.28. The third-order valence-electron chi connectivity index (χ3n) is 7.48. The van der Waals surface area contributed by atoms with Gasteiger partial charge in [-0.3, -0.25) is 4.79 Å². The third-order valence-corrected chi connectivity index (χ3v) is 7.48. The fourth-order valence-corrected chi connectivity index (χ4v) is 5.53. The molecule has 0 aromatic heterocycles. The van der Waals surface area contributed by atoms with Crippen LogP contribution in [-0.4, -0.2) is 75.2 Å². The Labute approximate surface area is 251 Å². The molecular weight excluding hydrogens is 548 g/mol. The minimum absolute atomic E-state index is 0.0939. The summed E-state index contributed by atoms with van der Waals surface area (Å²) in [6, 6.07) is 18.4. The number of urea groups is 1. The van der Waals surface area contributed by atoms with Crippen molar-refractivity contribution in [2.45, 2.75) is 51.8 Å². The Bertz CT molecular complexity index is 1500. The molecular formula is C33H40N4O6+2. The van der Waals surface area contributed by atoms with Gasteiger partial charge in [-0.05, 0) is 67.9 Å². The number of anilines is 1. The van der Waals surface area contributed by atoms with Gasteiger partial charge in [-0.15, -0.1) is 0 Å². The number of primary amides is 1. The van der Waals surface area contributed by atoms with Crippen molar-refractivity contribution in [3.63, 3.8) is 0 Å². The Morgan fingerprint density at radius 2 is 1.67 bits per heavy atom. The summed E-state index contributed by atoms with van der Waals surface area (Å²) in [5, 5.41) is 22.6. The number of piperidine rings is 1. The highest BCUT2D eigenvalue weighted by molar-refractivity contribution is 5.95. The van der Waals surface area contributed by atoms with Crippen molar-refractivity contribution in [1.82, 2.24) is 0 Å². The van der Waals surface area contributed by atoms with E-state index in [2.05, 4.69) is 12.4 Å².